The number of nitrogens with one attached hydrogen (secondary N) is 1. The summed E-state index contributed by atoms with van der Waals surface area (Å²) in [5.74, 6) is 0. The number of H-pyrrole nitrogens is 1. The molecule has 0 saturated carbocycles. The molecule has 0 aromatic carbocycles. The van der Waals surface area contributed by atoms with Gasteiger partial charge in [-0.25, -0.2) is 0 Å². The van der Waals surface area contributed by atoms with Crippen LogP contribution in [0.25, 0.3) is 0 Å². The lowest BCUT2D eigenvalue weighted by Crippen LogP contribution is -1.61. The summed E-state index contributed by atoms with van der Waals surface area (Å²) in [6.07, 6.45) is 3.24. The summed E-state index contributed by atoms with van der Waals surface area (Å²) in [5, 5.41) is 9.26. The molecule has 3 nitrogen and oxygen atoms in total. The third-order valence-electron chi connectivity index (χ3n) is 0.331. The predicted octanol–water partition coefficient (Wildman–Crippen LogP) is -0.195. The molecule has 1 N–H and O–H groups in total. The molecule has 1 aromatic heterocycles. The number of aromatic nitrogens is 3. The predicted molar refractivity (Wildman–Crippen MR) is 16.4 cm³/mol. The van der Waals surface area contributed by atoms with E-state index in [1.54, 1.807) is 12.4 Å². The Bertz CT molecular complexity index is 61.4. The third kappa shape index (κ3) is 0.238. The standard InChI is InChI=1S/C2H3N3/c1-2-4-5-3-1/h1-2H,(H,3,4,5)/i3+1,4+1,5+1. The van der Waals surface area contributed by atoms with Crippen molar-refractivity contribution in [3.63, 3.8) is 0 Å². The molecule has 0 aliphatic carbocycles. The van der Waals surface area contributed by atoms with Crippen LogP contribution in [0.4, 0.5) is 0 Å². The highest BCUT2D eigenvalue weighted by Gasteiger charge is 1.57. The Labute approximate surface area is 29.0 Å². The molecule has 1 rings (SSSR count). The van der Waals surface area contributed by atoms with Crippen molar-refractivity contribution in [3.05, 3.63) is 12.4 Å². The van der Waals surface area contributed by atoms with Crippen LogP contribution in [0.3, 0.4) is 0 Å². The molecule has 1 aromatic rings. The molecule has 1 heterocycles. The van der Waals surface area contributed by atoms with Crippen molar-refractivity contribution < 1.29 is 0 Å². The van der Waals surface area contributed by atoms with Gasteiger partial charge in [-0.05, 0) is 0 Å². The van der Waals surface area contributed by atoms with E-state index in [-0.39, 0.29) is 0 Å². The Morgan fingerprint density at radius 2 is 2.60 bits per heavy atom. The van der Waals surface area contributed by atoms with Crippen LogP contribution in [0, 0.1) is 0 Å². The molecule has 26 valence electrons. The van der Waals surface area contributed by atoms with Crippen LogP contribution in [0.5, 0.6) is 0 Å². The highest BCUT2D eigenvalue weighted by Crippen LogP contribution is 1.55. The summed E-state index contributed by atoms with van der Waals surface area (Å²) in [6, 6.07) is 0. The van der Waals surface area contributed by atoms with E-state index in [4.69, 9.17) is 0 Å². The van der Waals surface area contributed by atoms with E-state index in [0.29, 0.717) is 0 Å². The van der Waals surface area contributed by atoms with Crippen molar-refractivity contribution in [2.45, 2.75) is 0 Å². The molecule has 0 amide bonds. The van der Waals surface area contributed by atoms with E-state index in [1.165, 1.54) is 0 Å². The van der Waals surface area contributed by atoms with Crippen LogP contribution < -0.4 is 0 Å². The van der Waals surface area contributed by atoms with E-state index in [2.05, 4.69) is 15.4 Å². The first-order chi connectivity index (χ1) is 2.50. The number of hydrogen-bond acceptors (Lipinski definition) is 2. The normalized spacial score (nSPS) is 8.00. The van der Waals surface area contributed by atoms with Crippen LogP contribution in [-0.2, 0) is 0 Å². The van der Waals surface area contributed by atoms with E-state index < -0.39 is 0 Å². The fourth-order valence-electron chi connectivity index (χ4n) is 0.167. The Morgan fingerprint density at radius 3 is 2.80 bits per heavy atom. The summed E-state index contributed by atoms with van der Waals surface area (Å²) in [5.41, 5.74) is 0. The van der Waals surface area contributed by atoms with Gasteiger partial charge < -0.3 is 0 Å². The Kier molecular flexibility index (Phi) is 0.400. The second kappa shape index (κ2) is 0.839. The van der Waals surface area contributed by atoms with Crippen molar-refractivity contribution >= 4 is 0 Å². The highest BCUT2D eigenvalue weighted by molar-refractivity contribution is 4.54. The minimum Gasteiger partial charge on any atom is -0.266 e. The van der Waals surface area contributed by atoms with Crippen molar-refractivity contribution in [2.75, 3.05) is 0 Å². The number of aromatic amines is 1. The van der Waals surface area contributed by atoms with Crippen molar-refractivity contribution in [1.82, 2.24) is 15.4 Å². The van der Waals surface area contributed by atoms with Gasteiger partial charge in [0.1, 0.15) is 0 Å². The molecule has 0 bridgehead atoms. The molecule has 3 heteroatoms. The third-order valence-corrected chi connectivity index (χ3v) is 0.331. The molecule has 0 radical (unpaired) electrons. The van der Waals surface area contributed by atoms with Crippen LogP contribution in [-0.4, -0.2) is 15.4 Å². The SMILES string of the molecule is c1c[15nH][15n][15n]1. The van der Waals surface area contributed by atoms with Gasteiger partial charge in [-0.1, -0.05) is 5.21 Å². The Hall–Kier alpha value is -0.860. The molecule has 0 fully saturated rings. The van der Waals surface area contributed by atoms with Crippen molar-refractivity contribution in [1.29, 1.82) is 0 Å². The zero-order valence-corrected chi connectivity index (χ0v) is 2.55. The van der Waals surface area contributed by atoms with Crippen LogP contribution >= 0.6 is 0 Å². The zero-order valence-electron chi connectivity index (χ0n) is 2.55. The Morgan fingerprint density at radius 1 is 1.60 bits per heavy atom. The molecular weight excluding hydrogens is 69.0 g/mol. The Balaban J connectivity index is 3.13. The quantitative estimate of drug-likeness (QED) is 0.461. The molecule has 0 atom stereocenters. The average molecular weight is 72.0 g/mol. The summed E-state index contributed by atoms with van der Waals surface area (Å²) in [7, 11) is 0. The second-order valence-electron chi connectivity index (χ2n) is 0.660. The van der Waals surface area contributed by atoms with Crippen LogP contribution in [0.15, 0.2) is 12.4 Å². The summed E-state index contributed by atoms with van der Waals surface area (Å²) >= 11 is 0. The van der Waals surface area contributed by atoms with Crippen molar-refractivity contribution in [3.8, 4) is 0 Å². The molecule has 0 aliphatic heterocycles. The van der Waals surface area contributed by atoms with Gasteiger partial charge in [0.2, 0.25) is 0 Å². The van der Waals surface area contributed by atoms with Crippen LogP contribution in [0.2, 0.25) is 0 Å². The maximum atomic E-state index is 3.42. The maximum Gasteiger partial charge on any atom is 0.0690 e. The van der Waals surface area contributed by atoms with Gasteiger partial charge in [0, 0.05) is 6.20 Å². The van der Waals surface area contributed by atoms with Gasteiger partial charge in [0.15, 0.2) is 0 Å². The average Bonchev–Trinajstić information content (AvgIpc) is 1.76. The van der Waals surface area contributed by atoms with Gasteiger partial charge in [0.25, 0.3) is 0 Å². The lowest BCUT2D eigenvalue weighted by Gasteiger charge is -1.46. The first kappa shape index (κ1) is 2.38. The lowest BCUT2D eigenvalue weighted by atomic mass is 11.0. The molecule has 0 saturated heterocycles. The fraction of sp³-hybridized carbons (Fsp3) is 0. The minimum absolute atomic E-state index is 1.58. The first-order valence-electron chi connectivity index (χ1n) is 1.30. The van der Waals surface area contributed by atoms with Gasteiger partial charge in [-0.2, -0.15) is 0 Å². The van der Waals surface area contributed by atoms with E-state index >= 15 is 0 Å². The highest BCUT2D eigenvalue weighted by atomic mass is 16.3. The second-order valence-corrected chi connectivity index (χ2v) is 0.660. The van der Waals surface area contributed by atoms with Gasteiger partial charge in [-0.3, -0.25) is 5.10 Å². The number of rotatable bonds is 0. The molecular formula is C2H3N3. The fourth-order valence-corrected chi connectivity index (χ4v) is 0.167. The smallest absolute Gasteiger partial charge is 0.0690 e. The molecule has 0 spiro atoms. The van der Waals surface area contributed by atoms with Gasteiger partial charge in [0.05, 0.1) is 6.20 Å². The number of hydrogen-bond donors (Lipinski definition) is 1. The largest absolute Gasteiger partial charge is 0.266 e. The van der Waals surface area contributed by atoms with E-state index in [0.717, 1.165) is 0 Å². The van der Waals surface area contributed by atoms with E-state index in [1.807, 2.05) is 0 Å². The first-order valence-corrected chi connectivity index (χ1v) is 1.30. The molecule has 0 unspecified atom stereocenters. The molecule has 5 heavy (non-hydrogen) atoms. The van der Waals surface area contributed by atoms with Crippen LogP contribution in [0.1, 0.15) is 0 Å². The summed E-state index contributed by atoms with van der Waals surface area (Å²) in [4.78, 5) is 0. The maximum absolute atomic E-state index is 3.42. The monoisotopic (exact) mass is 72.0 g/mol. The number of nitrogens with zero attached hydrogens (tertiary/aromatic N) is 2. The minimum atomic E-state index is 1.58. The van der Waals surface area contributed by atoms with Gasteiger partial charge in [-0.15, -0.1) is 5.10 Å². The summed E-state index contributed by atoms with van der Waals surface area (Å²) < 4.78 is 0. The van der Waals surface area contributed by atoms with Gasteiger partial charge >= 0.3 is 0 Å². The topological polar surface area (TPSA) is 41.6 Å². The summed E-state index contributed by atoms with van der Waals surface area (Å²) in [6.45, 7) is 0. The molecule has 0 aliphatic rings. The lowest BCUT2D eigenvalue weighted by molar-refractivity contribution is 0.940. The zero-order chi connectivity index (χ0) is 3.54. The van der Waals surface area contributed by atoms with Crippen molar-refractivity contribution in [2.24, 2.45) is 0 Å². The van der Waals surface area contributed by atoms with E-state index in [9.17, 15) is 0 Å².